The van der Waals surface area contributed by atoms with Crippen molar-refractivity contribution in [3.63, 3.8) is 0 Å². The summed E-state index contributed by atoms with van der Waals surface area (Å²) in [6, 6.07) is 0. The number of amides is 2. The van der Waals surface area contributed by atoms with Gasteiger partial charge in [-0.1, -0.05) is 29.1 Å². The summed E-state index contributed by atoms with van der Waals surface area (Å²) in [5, 5.41) is 3.77. The molecule has 0 radical (unpaired) electrons. The van der Waals surface area contributed by atoms with E-state index < -0.39 is 0 Å². The third kappa shape index (κ3) is 5.35. The average molecular weight is 508 g/mol. The van der Waals surface area contributed by atoms with E-state index >= 15 is 0 Å². The third-order valence-corrected chi connectivity index (χ3v) is 7.39. The molecule has 0 aromatic carbocycles. The second-order valence-corrected chi connectivity index (χ2v) is 9.53. The first-order chi connectivity index (χ1) is 16.0. The molecule has 8 nitrogen and oxygen atoms in total. The van der Waals surface area contributed by atoms with E-state index in [0.29, 0.717) is 55.0 Å². The molecule has 2 aliphatic heterocycles. The fraction of sp³-hybridized carbons (Fsp3) is 0.455. The van der Waals surface area contributed by atoms with Crippen molar-refractivity contribution in [2.45, 2.75) is 18.8 Å². The molecular formula is C22H23Cl2N5O3S. The van der Waals surface area contributed by atoms with E-state index in [4.69, 9.17) is 34.4 Å². The number of rotatable bonds is 4. The molecule has 2 amide bonds. The van der Waals surface area contributed by atoms with Gasteiger partial charge < -0.3 is 19.4 Å². The van der Waals surface area contributed by atoms with Crippen molar-refractivity contribution < 1.29 is 14.3 Å². The van der Waals surface area contributed by atoms with Gasteiger partial charge in [0.2, 0.25) is 0 Å². The Bertz CT molecular complexity index is 1040. The van der Waals surface area contributed by atoms with Crippen molar-refractivity contribution >= 4 is 52.2 Å². The highest BCUT2D eigenvalue weighted by Gasteiger charge is 2.29. The second kappa shape index (κ2) is 10.6. The maximum absolute atomic E-state index is 13.0. The van der Waals surface area contributed by atoms with E-state index in [1.807, 2.05) is 10.3 Å². The number of carbonyl (C=O) groups excluding carboxylic acids is 2. The van der Waals surface area contributed by atoms with Crippen LogP contribution < -0.4 is 4.90 Å². The van der Waals surface area contributed by atoms with Crippen LogP contribution in [0.4, 0.5) is 10.5 Å². The number of halogens is 2. The number of pyridine rings is 1. The van der Waals surface area contributed by atoms with Gasteiger partial charge in [0.25, 0.3) is 5.91 Å². The summed E-state index contributed by atoms with van der Waals surface area (Å²) in [5.41, 5.74) is 1.23. The summed E-state index contributed by atoms with van der Waals surface area (Å²) in [6.45, 7) is 3.50. The predicted octanol–water partition coefficient (Wildman–Crippen LogP) is 3.76. The minimum atomic E-state index is -0.380. The van der Waals surface area contributed by atoms with Crippen LogP contribution in [0.3, 0.4) is 0 Å². The lowest BCUT2D eigenvalue weighted by Gasteiger charge is -2.36. The summed E-state index contributed by atoms with van der Waals surface area (Å²) in [6.07, 6.45) is 9.45. The fourth-order valence-corrected chi connectivity index (χ4v) is 5.65. The Labute approximate surface area is 206 Å². The van der Waals surface area contributed by atoms with E-state index in [9.17, 15) is 9.59 Å². The number of hydrogen-bond donors (Lipinski definition) is 0. The Balaban J connectivity index is 1.31. The molecule has 4 rings (SSSR count). The minimum absolute atomic E-state index is 0.0202. The number of ether oxygens (including phenoxy) is 1. The zero-order valence-electron chi connectivity index (χ0n) is 17.9. The number of nitrogens with zero attached hydrogens (tertiary/aromatic N) is 5. The minimum Gasteiger partial charge on any atom is -0.436 e. The van der Waals surface area contributed by atoms with Crippen LogP contribution in [0.5, 0.6) is 0 Å². The van der Waals surface area contributed by atoms with Gasteiger partial charge in [0.05, 0.1) is 20.7 Å². The number of terminal acetylenes is 1. The summed E-state index contributed by atoms with van der Waals surface area (Å²) in [7, 11) is 0. The zero-order valence-corrected chi connectivity index (χ0v) is 20.2. The Morgan fingerprint density at radius 2 is 1.76 bits per heavy atom. The number of thiazole rings is 1. The molecule has 2 fully saturated rings. The van der Waals surface area contributed by atoms with Crippen LogP contribution in [0, 0.1) is 12.3 Å². The summed E-state index contributed by atoms with van der Waals surface area (Å²) in [4.78, 5) is 39.1. The summed E-state index contributed by atoms with van der Waals surface area (Å²) < 4.78 is 4.99. The molecule has 0 bridgehead atoms. The largest absolute Gasteiger partial charge is 0.436 e. The molecule has 174 valence electrons. The first kappa shape index (κ1) is 23.6. The molecule has 0 aliphatic carbocycles. The van der Waals surface area contributed by atoms with Gasteiger partial charge in [-0.25, -0.2) is 9.78 Å². The van der Waals surface area contributed by atoms with Crippen molar-refractivity contribution in [1.82, 2.24) is 19.8 Å². The first-order valence-corrected chi connectivity index (χ1v) is 12.2. The summed E-state index contributed by atoms with van der Waals surface area (Å²) >= 11 is 14.0. The van der Waals surface area contributed by atoms with Crippen LogP contribution in [0.25, 0.3) is 0 Å². The Kier molecular flexibility index (Phi) is 7.58. The van der Waals surface area contributed by atoms with Crippen molar-refractivity contribution in [2.75, 3.05) is 50.8 Å². The lowest BCUT2D eigenvalue weighted by molar-refractivity contribution is 0.0741. The van der Waals surface area contributed by atoms with Gasteiger partial charge >= 0.3 is 6.09 Å². The van der Waals surface area contributed by atoms with Gasteiger partial charge in [0, 0.05) is 63.0 Å². The quantitative estimate of drug-likeness (QED) is 0.586. The molecule has 2 aliphatic rings. The molecule has 0 spiro atoms. The van der Waals surface area contributed by atoms with E-state index in [0.717, 1.165) is 23.5 Å². The Hall–Kier alpha value is -2.54. The van der Waals surface area contributed by atoms with Crippen molar-refractivity contribution in [3.8, 4) is 12.3 Å². The predicted molar refractivity (Wildman–Crippen MR) is 128 cm³/mol. The molecule has 0 saturated carbocycles. The van der Waals surface area contributed by atoms with Gasteiger partial charge in [-0.2, -0.15) is 0 Å². The number of anilines is 1. The smallest absolute Gasteiger partial charge is 0.410 e. The van der Waals surface area contributed by atoms with Crippen LogP contribution in [0.15, 0.2) is 17.8 Å². The topological polar surface area (TPSA) is 78.9 Å². The van der Waals surface area contributed by atoms with Gasteiger partial charge in [0.1, 0.15) is 5.69 Å². The molecule has 33 heavy (non-hydrogen) atoms. The number of carbonyl (C=O) groups is 2. The molecule has 11 heteroatoms. The maximum atomic E-state index is 13.0. The first-order valence-electron chi connectivity index (χ1n) is 10.6. The molecule has 0 unspecified atom stereocenters. The Morgan fingerprint density at radius 1 is 1.09 bits per heavy atom. The standard InChI is InChI=1S/C22H23Cl2N5O3S/c1-2-11-32-22(31)29-5-3-15(4-6-29)20-26-18(14-33-20)21(30)28-9-7-27(8-10-28)19-16(23)12-25-13-17(19)24/h1,12-15H,3-11H2. The summed E-state index contributed by atoms with van der Waals surface area (Å²) in [5.74, 6) is 2.45. The molecule has 2 saturated heterocycles. The highest BCUT2D eigenvalue weighted by Crippen LogP contribution is 2.34. The molecule has 2 aromatic heterocycles. The highest BCUT2D eigenvalue weighted by molar-refractivity contribution is 7.09. The van der Waals surface area contributed by atoms with Crippen LogP contribution in [-0.4, -0.2) is 77.6 Å². The van der Waals surface area contributed by atoms with Crippen LogP contribution in [-0.2, 0) is 4.74 Å². The van der Waals surface area contributed by atoms with E-state index in [1.165, 1.54) is 11.3 Å². The third-order valence-electron chi connectivity index (χ3n) is 5.83. The monoisotopic (exact) mass is 507 g/mol. The number of aromatic nitrogens is 2. The molecule has 4 heterocycles. The van der Waals surface area contributed by atoms with Gasteiger partial charge in [-0.05, 0) is 12.8 Å². The molecule has 0 N–H and O–H groups in total. The van der Waals surface area contributed by atoms with E-state index in [1.54, 1.807) is 17.3 Å². The normalized spacial score (nSPS) is 17.1. The Morgan fingerprint density at radius 3 is 2.39 bits per heavy atom. The fourth-order valence-electron chi connectivity index (χ4n) is 4.08. The van der Waals surface area contributed by atoms with Crippen molar-refractivity contribution in [2.24, 2.45) is 0 Å². The molecule has 2 aromatic rings. The van der Waals surface area contributed by atoms with Crippen molar-refractivity contribution in [3.05, 3.63) is 38.5 Å². The number of likely N-dealkylation sites (tertiary alicyclic amines) is 1. The molecular weight excluding hydrogens is 485 g/mol. The van der Waals surface area contributed by atoms with Crippen LogP contribution >= 0.6 is 34.5 Å². The lowest BCUT2D eigenvalue weighted by Crippen LogP contribution is -2.49. The number of piperazine rings is 1. The average Bonchev–Trinajstić information content (AvgIpc) is 3.33. The van der Waals surface area contributed by atoms with Gasteiger partial charge in [-0.3, -0.25) is 9.78 Å². The lowest BCUT2D eigenvalue weighted by atomic mass is 9.98. The number of piperidine rings is 1. The number of hydrogen-bond acceptors (Lipinski definition) is 7. The second-order valence-electron chi connectivity index (χ2n) is 7.82. The zero-order chi connectivity index (χ0) is 23.4. The van der Waals surface area contributed by atoms with Crippen molar-refractivity contribution in [1.29, 1.82) is 0 Å². The highest BCUT2D eigenvalue weighted by atomic mass is 35.5. The molecule has 0 atom stereocenters. The maximum Gasteiger partial charge on any atom is 0.410 e. The van der Waals surface area contributed by atoms with Crippen LogP contribution in [0.1, 0.15) is 34.3 Å². The van der Waals surface area contributed by atoms with E-state index in [-0.39, 0.29) is 24.5 Å². The van der Waals surface area contributed by atoms with E-state index in [2.05, 4.69) is 20.8 Å². The van der Waals surface area contributed by atoms with Gasteiger partial charge in [-0.15, -0.1) is 17.8 Å². The van der Waals surface area contributed by atoms with Crippen LogP contribution in [0.2, 0.25) is 10.0 Å². The van der Waals surface area contributed by atoms with Gasteiger partial charge in [0.15, 0.2) is 6.61 Å². The SMILES string of the molecule is C#CCOC(=O)N1CCC(c2nc(C(=O)N3CCN(c4c(Cl)cncc4Cl)CC3)cs2)CC1.